The second kappa shape index (κ2) is 8.79. The van der Waals surface area contributed by atoms with E-state index in [4.69, 9.17) is 4.74 Å². The molecule has 1 aliphatic rings. The molecule has 0 bridgehead atoms. The lowest BCUT2D eigenvalue weighted by Crippen LogP contribution is -2.30. The van der Waals surface area contributed by atoms with Crippen LogP contribution >= 0.6 is 22.7 Å². The molecule has 1 aliphatic heterocycles. The Morgan fingerprint density at radius 3 is 2.49 bits per heavy atom. The average Bonchev–Trinajstić information content (AvgIpc) is 3.47. The van der Waals surface area contributed by atoms with E-state index in [1.807, 2.05) is 13.0 Å². The van der Waals surface area contributed by atoms with Crippen LogP contribution < -0.4 is 9.64 Å². The van der Waals surface area contributed by atoms with Gasteiger partial charge in [0.2, 0.25) is 5.78 Å². The first-order valence-corrected chi connectivity index (χ1v) is 12.5. The summed E-state index contributed by atoms with van der Waals surface area (Å²) in [6, 6.07) is 10.7. The molecule has 2 N–H and O–H groups in total. The summed E-state index contributed by atoms with van der Waals surface area (Å²) in [5.74, 6) is -1.06. The molecule has 4 aromatic rings. The van der Waals surface area contributed by atoms with Crippen LogP contribution in [-0.2, 0) is 4.79 Å². The number of rotatable bonds is 6. The van der Waals surface area contributed by atoms with Gasteiger partial charge in [-0.3, -0.25) is 14.5 Å². The van der Waals surface area contributed by atoms with Crippen molar-refractivity contribution in [3.8, 4) is 11.5 Å². The van der Waals surface area contributed by atoms with E-state index in [9.17, 15) is 19.8 Å². The highest BCUT2D eigenvalue weighted by atomic mass is 32.1. The first kappa shape index (κ1) is 23.0. The standard InChI is InChI=1S/C25H21N3O5S2/c1-4-33-16-9-10-17-18(11-16)35-25(27-17)28-20(14-5-7-15(29)8-6-14)19(22(31)24(28)32)21(30)23-12(2)26-13(3)34-23/h5-11,20,29,31H,4H2,1-3H3. The summed E-state index contributed by atoms with van der Waals surface area (Å²) in [6.45, 7) is 5.93. The normalized spacial score (nSPS) is 15.9. The number of nitrogens with zero attached hydrogens (tertiary/aromatic N) is 3. The van der Waals surface area contributed by atoms with Crippen LogP contribution in [0, 0.1) is 13.8 Å². The molecule has 1 amide bonds. The van der Waals surface area contributed by atoms with Gasteiger partial charge in [0, 0.05) is 0 Å². The monoisotopic (exact) mass is 507 g/mol. The van der Waals surface area contributed by atoms with Gasteiger partial charge in [-0.25, -0.2) is 9.97 Å². The van der Waals surface area contributed by atoms with E-state index in [1.165, 1.54) is 39.7 Å². The number of thiazole rings is 2. The van der Waals surface area contributed by atoms with Gasteiger partial charge in [0.05, 0.1) is 44.0 Å². The summed E-state index contributed by atoms with van der Waals surface area (Å²) in [4.78, 5) is 37.7. The zero-order chi connectivity index (χ0) is 24.9. The Labute approximate surface area is 208 Å². The summed E-state index contributed by atoms with van der Waals surface area (Å²) < 4.78 is 6.38. The van der Waals surface area contributed by atoms with E-state index >= 15 is 0 Å². The van der Waals surface area contributed by atoms with Gasteiger partial charge in [-0.15, -0.1) is 11.3 Å². The molecule has 0 radical (unpaired) electrons. The number of aromatic hydroxyl groups is 1. The van der Waals surface area contributed by atoms with Crippen molar-refractivity contribution in [2.45, 2.75) is 26.8 Å². The number of hydrogen-bond donors (Lipinski definition) is 2. The molecular weight excluding hydrogens is 486 g/mol. The molecule has 0 saturated carbocycles. The molecule has 2 aromatic carbocycles. The molecule has 0 aliphatic carbocycles. The van der Waals surface area contributed by atoms with Crippen molar-refractivity contribution < 1.29 is 24.5 Å². The molecule has 35 heavy (non-hydrogen) atoms. The lowest BCUT2D eigenvalue weighted by Gasteiger charge is -2.24. The Hall–Kier alpha value is -3.76. The Kier molecular flexibility index (Phi) is 5.78. The number of aliphatic hydroxyl groups excluding tert-OH is 1. The predicted molar refractivity (Wildman–Crippen MR) is 135 cm³/mol. The topological polar surface area (TPSA) is 113 Å². The van der Waals surface area contributed by atoms with Gasteiger partial charge in [0.1, 0.15) is 11.5 Å². The highest BCUT2D eigenvalue weighted by Gasteiger charge is 2.46. The van der Waals surface area contributed by atoms with Crippen molar-refractivity contribution in [3.63, 3.8) is 0 Å². The first-order valence-electron chi connectivity index (χ1n) is 10.9. The third kappa shape index (κ3) is 3.94. The van der Waals surface area contributed by atoms with E-state index < -0.39 is 23.5 Å². The maximum atomic E-state index is 13.6. The number of aromatic nitrogens is 2. The van der Waals surface area contributed by atoms with E-state index in [0.29, 0.717) is 44.1 Å². The van der Waals surface area contributed by atoms with Crippen molar-refractivity contribution in [2.24, 2.45) is 0 Å². The van der Waals surface area contributed by atoms with Crippen molar-refractivity contribution in [3.05, 3.63) is 74.9 Å². The van der Waals surface area contributed by atoms with Gasteiger partial charge < -0.3 is 14.9 Å². The number of anilines is 1. The van der Waals surface area contributed by atoms with E-state index in [1.54, 1.807) is 38.1 Å². The molecule has 8 nitrogen and oxygen atoms in total. The van der Waals surface area contributed by atoms with Crippen molar-refractivity contribution >= 4 is 49.7 Å². The summed E-state index contributed by atoms with van der Waals surface area (Å²) in [5.41, 5.74) is 1.72. The number of aryl methyl sites for hydroxylation is 2. The number of Topliss-reactive ketones (excluding diaryl/α,β-unsaturated/α-hetero) is 1. The Bertz CT molecular complexity index is 1500. The Balaban J connectivity index is 1.65. The number of carbonyl (C=O) groups excluding carboxylic acids is 2. The summed E-state index contributed by atoms with van der Waals surface area (Å²) in [5, 5.41) is 21.8. The van der Waals surface area contributed by atoms with Crippen molar-refractivity contribution in [1.29, 1.82) is 0 Å². The van der Waals surface area contributed by atoms with Crippen molar-refractivity contribution in [1.82, 2.24) is 9.97 Å². The second-order valence-electron chi connectivity index (χ2n) is 7.97. The van der Waals surface area contributed by atoms with E-state index in [0.717, 1.165) is 4.70 Å². The fourth-order valence-corrected chi connectivity index (χ4v) is 6.02. The number of ketones is 1. The molecule has 0 saturated heterocycles. The number of aliphatic hydroxyl groups is 1. The molecule has 10 heteroatoms. The fraction of sp³-hybridized carbons (Fsp3) is 0.200. The van der Waals surface area contributed by atoms with Crippen LogP contribution in [0.15, 0.2) is 53.8 Å². The molecule has 0 fully saturated rings. The van der Waals surface area contributed by atoms with Gasteiger partial charge in [-0.2, -0.15) is 0 Å². The first-order chi connectivity index (χ1) is 16.8. The number of benzene rings is 2. The zero-order valence-electron chi connectivity index (χ0n) is 19.1. The van der Waals surface area contributed by atoms with Crippen LogP contribution in [0.3, 0.4) is 0 Å². The predicted octanol–water partition coefficient (Wildman–Crippen LogP) is 5.26. The Morgan fingerprint density at radius 2 is 1.83 bits per heavy atom. The molecule has 178 valence electrons. The SMILES string of the molecule is CCOc1ccc2nc(N3C(=O)C(O)=C(C(=O)c4sc(C)nc4C)C3c3ccc(O)cc3)sc2c1. The molecule has 1 unspecified atom stereocenters. The molecular formula is C25H21N3O5S2. The minimum Gasteiger partial charge on any atom is -0.508 e. The number of amides is 1. The number of carbonyl (C=O) groups is 2. The number of ether oxygens (including phenoxy) is 1. The van der Waals surface area contributed by atoms with Crippen molar-refractivity contribution in [2.75, 3.05) is 11.5 Å². The molecule has 5 rings (SSSR count). The quantitative estimate of drug-likeness (QED) is 0.342. The van der Waals surface area contributed by atoms with Gasteiger partial charge >= 0.3 is 0 Å². The number of hydrogen-bond acceptors (Lipinski definition) is 9. The molecule has 0 spiro atoms. The largest absolute Gasteiger partial charge is 0.508 e. The molecule has 2 aromatic heterocycles. The highest BCUT2D eigenvalue weighted by Crippen LogP contribution is 2.45. The minimum absolute atomic E-state index is 0.0401. The van der Waals surface area contributed by atoms with Crippen LogP contribution in [0.25, 0.3) is 10.2 Å². The summed E-state index contributed by atoms with van der Waals surface area (Å²) >= 11 is 2.48. The van der Waals surface area contributed by atoms with E-state index in [-0.39, 0.29) is 11.3 Å². The van der Waals surface area contributed by atoms with Gasteiger partial charge in [-0.05, 0) is 56.7 Å². The van der Waals surface area contributed by atoms with Crippen LogP contribution in [0.1, 0.15) is 38.9 Å². The van der Waals surface area contributed by atoms with Crippen LogP contribution in [0.4, 0.5) is 5.13 Å². The zero-order valence-corrected chi connectivity index (χ0v) is 20.7. The fourth-order valence-electron chi connectivity index (χ4n) is 4.12. The number of phenols is 1. The van der Waals surface area contributed by atoms with Crippen LogP contribution in [0.2, 0.25) is 0 Å². The smallest absolute Gasteiger partial charge is 0.296 e. The maximum Gasteiger partial charge on any atom is 0.296 e. The molecule has 3 heterocycles. The summed E-state index contributed by atoms with van der Waals surface area (Å²) in [7, 11) is 0. The van der Waals surface area contributed by atoms with Gasteiger partial charge in [0.25, 0.3) is 5.91 Å². The number of phenolic OH excluding ortho intramolecular Hbond substituents is 1. The summed E-state index contributed by atoms with van der Waals surface area (Å²) in [6.07, 6.45) is 0. The van der Waals surface area contributed by atoms with Gasteiger partial charge in [0.15, 0.2) is 10.9 Å². The highest BCUT2D eigenvalue weighted by molar-refractivity contribution is 7.22. The van der Waals surface area contributed by atoms with Gasteiger partial charge in [-0.1, -0.05) is 23.5 Å². The Morgan fingerprint density at radius 1 is 1.09 bits per heavy atom. The maximum absolute atomic E-state index is 13.6. The lowest BCUT2D eigenvalue weighted by atomic mass is 9.95. The van der Waals surface area contributed by atoms with Crippen LogP contribution in [-0.4, -0.2) is 38.5 Å². The molecule has 1 atom stereocenters. The third-order valence-corrected chi connectivity index (χ3v) is 7.73. The third-order valence-electron chi connectivity index (χ3n) is 5.64. The minimum atomic E-state index is -0.927. The average molecular weight is 508 g/mol. The van der Waals surface area contributed by atoms with Crippen LogP contribution in [0.5, 0.6) is 11.5 Å². The lowest BCUT2D eigenvalue weighted by molar-refractivity contribution is -0.117. The number of fused-ring (bicyclic) bond motifs is 1. The van der Waals surface area contributed by atoms with E-state index in [2.05, 4.69) is 9.97 Å². The second-order valence-corrected chi connectivity index (χ2v) is 10.2.